The zero-order chi connectivity index (χ0) is 9.14. The molecule has 0 saturated heterocycles. The molecule has 0 unspecified atom stereocenters. The number of nitrogens with zero attached hydrogens (tertiary/aromatic N) is 1. The van der Waals surface area contributed by atoms with E-state index in [1.165, 1.54) is 6.92 Å². The largest absolute Gasteiger partial charge is 0.315 e. The smallest absolute Gasteiger partial charge is 0.223 e. The first kappa shape index (κ1) is 9.13. The summed E-state index contributed by atoms with van der Waals surface area (Å²) in [5, 5.41) is 0. The van der Waals surface area contributed by atoms with Crippen molar-refractivity contribution in [1.82, 2.24) is 0 Å². The van der Waals surface area contributed by atoms with E-state index in [0.717, 1.165) is 10.6 Å². The average Bonchev–Trinajstić information content (AvgIpc) is 2.04. The van der Waals surface area contributed by atoms with Crippen LogP contribution in [0.3, 0.4) is 0 Å². The second kappa shape index (κ2) is 3.63. The molecule has 1 aromatic rings. The fourth-order valence-electron chi connectivity index (χ4n) is 0.917. The van der Waals surface area contributed by atoms with Crippen LogP contribution in [-0.2, 0) is 4.79 Å². The summed E-state index contributed by atoms with van der Waals surface area (Å²) in [6.07, 6.45) is 0. The number of hydrogen-bond donors (Lipinski definition) is 1. The Kier molecular flexibility index (Phi) is 2.76. The van der Waals surface area contributed by atoms with Gasteiger partial charge in [0.15, 0.2) is 0 Å². The lowest BCUT2D eigenvalue weighted by molar-refractivity contribution is -0.116. The number of para-hydroxylation sites is 1. The minimum atomic E-state index is 0.0106. The Hall–Kier alpha value is -0.960. The van der Waals surface area contributed by atoms with Crippen molar-refractivity contribution >= 4 is 24.2 Å². The molecule has 64 valence electrons. The molecule has 0 radical (unpaired) electrons. The van der Waals surface area contributed by atoms with Gasteiger partial charge in [0.1, 0.15) is 0 Å². The van der Waals surface area contributed by atoms with Crippen LogP contribution >= 0.6 is 12.6 Å². The summed E-state index contributed by atoms with van der Waals surface area (Å²) in [6, 6.07) is 7.50. The Bertz CT molecular complexity index is 298. The van der Waals surface area contributed by atoms with Gasteiger partial charge in [-0.2, -0.15) is 0 Å². The van der Waals surface area contributed by atoms with Gasteiger partial charge in [-0.15, -0.1) is 12.6 Å². The maximum absolute atomic E-state index is 11.0. The quantitative estimate of drug-likeness (QED) is 0.657. The predicted molar refractivity (Wildman–Crippen MR) is 52.8 cm³/mol. The number of thiol groups is 1. The lowest BCUT2D eigenvalue weighted by Gasteiger charge is -2.16. The van der Waals surface area contributed by atoms with Crippen LogP contribution in [0.25, 0.3) is 0 Å². The number of benzene rings is 1. The lowest BCUT2D eigenvalue weighted by atomic mass is 10.3. The van der Waals surface area contributed by atoms with Crippen LogP contribution in [0.1, 0.15) is 6.92 Å². The molecule has 0 N–H and O–H groups in total. The van der Waals surface area contributed by atoms with Crippen molar-refractivity contribution in [3.8, 4) is 0 Å². The Balaban J connectivity index is 3.02. The van der Waals surface area contributed by atoms with Crippen LogP contribution in [0.2, 0.25) is 0 Å². The monoisotopic (exact) mass is 181 g/mol. The summed E-state index contributed by atoms with van der Waals surface area (Å²) in [6.45, 7) is 1.53. The summed E-state index contributed by atoms with van der Waals surface area (Å²) in [5.41, 5.74) is 0.841. The molecule has 0 bridgehead atoms. The highest BCUT2D eigenvalue weighted by Gasteiger charge is 2.06. The van der Waals surface area contributed by atoms with E-state index < -0.39 is 0 Å². The van der Waals surface area contributed by atoms with Crippen molar-refractivity contribution in [3.63, 3.8) is 0 Å². The maximum atomic E-state index is 11.0. The Labute approximate surface area is 77.6 Å². The Morgan fingerprint density at radius 3 is 2.50 bits per heavy atom. The van der Waals surface area contributed by atoms with Crippen molar-refractivity contribution in [1.29, 1.82) is 0 Å². The third-order valence-electron chi connectivity index (χ3n) is 1.72. The maximum Gasteiger partial charge on any atom is 0.223 e. The fraction of sp³-hybridized carbons (Fsp3) is 0.222. The molecule has 0 aliphatic rings. The summed E-state index contributed by atoms with van der Waals surface area (Å²) < 4.78 is 0. The van der Waals surface area contributed by atoms with Gasteiger partial charge in [0.2, 0.25) is 5.91 Å². The van der Waals surface area contributed by atoms with E-state index in [9.17, 15) is 4.79 Å². The summed E-state index contributed by atoms with van der Waals surface area (Å²) in [5.74, 6) is 0.0106. The second-order valence-electron chi connectivity index (χ2n) is 2.57. The topological polar surface area (TPSA) is 20.3 Å². The van der Waals surface area contributed by atoms with Gasteiger partial charge in [-0.1, -0.05) is 12.1 Å². The molecule has 12 heavy (non-hydrogen) atoms. The molecule has 1 aromatic carbocycles. The van der Waals surface area contributed by atoms with Gasteiger partial charge in [-0.3, -0.25) is 4.79 Å². The minimum absolute atomic E-state index is 0.0106. The predicted octanol–water partition coefficient (Wildman–Crippen LogP) is 1.96. The molecule has 1 amide bonds. The number of anilines is 1. The van der Waals surface area contributed by atoms with E-state index in [2.05, 4.69) is 12.6 Å². The van der Waals surface area contributed by atoms with Crippen LogP contribution in [0.4, 0.5) is 5.69 Å². The highest BCUT2D eigenvalue weighted by atomic mass is 32.1. The molecule has 0 aromatic heterocycles. The molecule has 0 aliphatic heterocycles. The molecule has 0 heterocycles. The van der Waals surface area contributed by atoms with Gasteiger partial charge in [0.25, 0.3) is 0 Å². The van der Waals surface area contributed by atoms with E-state index >= 15 is 0 Å². The normalized spacial score (nSPS) is 9.58. The molecule has 1 rings (SSSR count). The van der Waals surface area contributed by atoms with Gasteiger partial charge < -0.3 is 4.90 Å². The number of rotatable bonds is 1. The fourth-order valence-corrected chi connectivity index (χ4v) is 1.23. The molecule has 0 fully saturated rings. The molecule has 0 aliphatic carbocycles. The standard InChI is InChI=1S/C9H11NOS/c1-7(11)10(2)8-5-3-4-6-9(8)12/h3-6,12H,1-2H3. The molecule has 2 nitrogen and oxygen atoms in total. The summed E-state index contributed by atoms with van der Waals surface area (Å²) >= 11 is 4.24. The van der Waals surface area contributed by atoms with Gasteiger partial charge >= 0.3 is 0 Å². The number of carbonyl (C=O) groups is 1. The minimum Gasteiger partial charge on any atom is -0.315 e. The van der Waals surface area contributed by atoms with Crippen LogP contribution in [0, 0.1) is 0 Å². The molecule has 3 heteroatoms. The van der Waals surface area contributed by atoms with E-state index in [-0.39, 0.29) is 5.91 Å². The first-order valence-electron chi connectivity index (χ1n) is 3.65. The van der Waals surface area contributed by atoms with Gasteiger partial charge in [-0.25, -0.2) is 0 Å². The Morgan fingerprint density at radius 2 is 2.00 bits per heavy atom. The zero-order valence-corrected chi connectivity index (χ0v) is 8.01. The van der Waals surface area contributed by atoms with E-state index in [1.54, 1.807) is 11.9 Å². The molecular weight excluding hydrogens is 170 g/mol. The van der Waals surface area contributed by atoms with Crippen LogP contribution in [-0.4, -0.2) is 13.0 Å². The van der Waals surface area contributed by atoms with E-state index in [4.69, 9.17) is 0 Å². The number of hydrogen-bond acceptors (Lipinski definition) is 2. The van der Waals surface area contributed by atoms with Crippen molar-refractivity contribution < 1.29 is 4.79 Å². The average molecular weight is 181 g/mol. The second-order valence-corrected chi connectivity index (χ2v) is 3.05. The Morgan fingerprint density at radius 1 is 1.42 bits per heavy atom. The summed E-state index contributed by atoms with van der Waals surface area (Å²) in [7, 11) is 1.73. The highest BCUT2D eigenvalue weighted by molar-refractivity contribution is 7.80. The van der Waals surface area contributed by atoms with Crippen LogP contribution in [0.5, 0.6) is 0 Å². The van der Waals surface area contributed by atoms with Gasteiger partial charge in [0, 0.05) is 18.9 Å². The highest BCUT2D eigenvalue weighted by Crippen LogP contribution is 2.21. The lowest BCUT2D eigenvalue weighted by Crippen LogP contribution is -2.23. The zero-order valence-electron chi connectivity index (χ0n) is 7.11. The first-order chi connectivity index (χ1) is 5.63. The molecule has 0 saturated carbocycles. The summed E-state index contributed by atoms with van der Waals surface area (Å²) in [4.78, 5) is 13.4. The van der Waals surface area contributed by atoms with E-state index in [1.807, 2.05) is 24.3 Å². The number of amides is 1. The van der Waals surface area contributed by atoms with Gasteiger partial charge in [0.05, 0.1) is 5.69 Å². The third-order valence-corrected chi connectivity index (χ3v) is 2.09. The first-order valence-corrected chi connectivity index (χ1v) is 4.10. The van der Waals surface area contributed by atoms with Crippen molar-refractivity contribution in [3.05, 3.63) is 24.3 Å². The van der Waals surface area contributed by atoms with E-state index in [0.29, 0.717) is 0 Å². The SMILES string of the molecule is CC(=O)N(C)c1ccccc1S. The molecular formula is C9H11NOS. The van der Waals surface area contributed by atoms with Crippen molar-refractivity contribution in [2.45, 2.75) is 11.8 Å². The van der Waals surface area contributed by atoms with Crippen LogP contribution in [0.15, 0.2) is 29.2 Å². The molecule has 0 atom stereocenters. The van der Waals surface area contributed by atoms with Gasteiger partial charge in [-0.05, 0) is 12.1 Å². The van der Waals surface area contributed by atoms with Crippen molar-refractivity contribution in [2.75, 3.05) is 11.9 Å². The van der Waals surface area contributed by atoms with Crippen molar-refractivity contribution in [2.24, 2.45) is 0 Å². The number of carbonyl (C=O) groups excluding carboxylic acids is 1. The molecule has 0 spiro atoms. The van der Waals surface area contributed by atoms with Crippen LogP contribution < -0.4 is 4.90 Å². The third kappa shape index (κ3) is 1.80.